The highest BCUT2D eigenvalue weighted by atomic mass is 32.2. The molecule has 0 unspecified atom stereocenters. The molecular formula is C12H14N2S. The molecule has 0 bridgehead atoms. The first kappa shape index (κ1) is 10.3. The van der Waals surface area contributed by atoms with Gasteiger partial charge in [0.2, 0.25) is 0 Å². The lowest BCUT2D eigenvalue weighted by molar-refractivity contribution is 1.11. The van der Waals surface area contributed by atoms with Gasteiger partial charge < -0.3 is 5.73 Å². The van der Waals surface area contributed by atoms with Gasteiger partial charge >= 0.3 is 0 Å². The van der Waals surface area contributed by atoms with Gasteiger partial charge in [0.05, 0.1) is 17.4 Å². The summed E-state index contributed by atoms with van der Waals surface area (Å²) in [4.78, 5) is 5.46. The van der Waals surface area contributed by atoms with Crippen LogP contribution in [0.5, 0.6) is 0 Å². The van der Waals surface area contributed by atoms with Crippen molar-refractivity contribution < 1.29 is 0 Å². The monoisotopic (exact) mass is 218 g/mol. The Bertz CT molecular complexity index is 480. The second-order valence-electron chi connectivity index (χ2n) is 3.73. The molecule has 0 radical (unpaired) electrons. The number of para-hydroxylation sites is 1. The van der Waals surface area contributed by atoms with Gasteiger partial charge in [-0.3, -0.25) is 4.98 Å². The summed E-state index contributed by atoms with van der Waals surface area (Å²) in [6.45, 7) is 4.33. The first-order valence-corrected chi connectivity index (χ1v) is 5.86. The number of fused-ring (bicyclic) bond motifs is 1. The summed E-state index contributed by atoms with van der Waals surface area (Å²) in [5, 5.41) is 1.68. The van der Waals surface area contributed by atoms with E-state index in [2.05, 4.69) is 24.9 Å². The summed E-state index contributed by atoms with van der Waals surface area (Å²) < 4.78 is 0. The Morgan fingerprint density at radius 1 is 1.27 bits per heavy atom. The number of hydrogen-bond acceptors (Lipinski definition) is 3. The van der Waals surface area contributed by atoms with E-state index in [-0.39, 0.29) is 0 Å². The minimum atomic E-state index is 0.526. The average molecular weight is 218 g/mol. The van der Waals surface area contributed by atoms with Crippen molar-refractivity contribution in [1.82, 2.24) is 4.98 Å². The predicted molar refractivity (Wildman–Crippen MR) is 67.1 cm³/mol. The van der Waals surface area contributed by atoms with E-state index in [1.54, 1.807) is 18.0 Å². The highest BCUT2D eigenvalue weighted by Crippen LogP contribution is 2.34. The zero-order valence-electron chi connectivity index (χ0n) is 8.90. The van der Waals surface area contributed by atoms with Gasteiger partial charge in [-0.15, -0.1) is 11.8 Å². The van der Waals surface area contributed by atoms with E-state index in [0.29, 0.717) is 5.25 Å². The van der Waals surface area contributed by atoms with E-state index >= 15 is 0 Å². The third-order valence-electron chi connectivity index (χ3n) is 2.11. The number of rotatable bonds is 2. The second kappa shape index (κ2) is 4.11. The van der Waals surface area contributed by atoms with Crippen LogP contribution in [0.1, 0.15) is 13.8 Å². The fourth-order valence-corrected chi connectivity index (χ4v) is 2.46. The Labute approximate surface area is 93.9 Å². The Morgan fingerprint density at radius 2 is 2.00 bits per heavy atom. The van der Waals surface area contributed by atoms with Crippen molar-refractivity contribution in [2.75, 3.05) is 5.73 Å². The molecule has 0 aliphatic heterocycles. The van der Waals surface area contributed by atoms with Crippen molar-refractivity contribution in [2.45, 2.75) is 24.0 Å². The number of hydrogen-bond donors (Lipinski definition) is 1. The SMILES string of the molecule is CC(C)Sc1c(N)cnc2ccccc12. The van der Waals surface area contributed by atoms with Crippen molar-refractivity contribution in [3.05, 3.63) is 30.5 Å². The van der Waals surface area contributed by atoms with E-state index in [0.717, 1.165) is 21.5 Å². The van der Waals surface area contributed by atoms with Crippen LogP contribution in [-0.2, 0) is 0 Å². The smallest absolute Gasteiger partial charge is 0.0714 e. The van der Waals surface area contributed by atoms with Crippen LogP contribution in [0.25, 0.3) is 10.9 Å². The molecule has 0 amide bonds. The summed E-state index contributed by atoms with van der Waals surface area (Å²) in [6.07, 6.45) is 1.74. The minimum Gasteiger partial charge on any atom is -0.397 e. The van der Waals surface area contributed by atoms with Gasteiger partial charge in [0.1, 0.15) is 0 Å². The largest absolute Gasteiger partial charge is 0.397 e. The summed E-state index contributed by atoms with van der Waals surface area (Å²) >= 11 is 1.79. The number of nitrogens with zero attached hydrogens (tertiary/aromatic N) is 1. The van der Waals surface area contributed by atoms with Crippen molar-refractivity contribution >= 4 is 28.4 Å². The molecule has 3 heteroatoms. The normalized spacial score (nSPS) is 11.1. The topological polar surface area (TPSA) is 38.9 Å². The highest BCUT2D eigenvalue weighted by Gasteiger charge is 2.08. The molecule has 0 atom stereocenters. The second-order valence-corrected chi connectivity index (χ2v) is 5.31. The Hall–Kier alpha value is -1.22. The third-order valence-corrected chi connectivity index (χ3v) is 3.27. The van der Waals surface area contributed by atoms with Gasteiger partial charge in [0.25, 0.3) is 0 Å². The van der Waals surface area contributed by atoms with E-state index in [1.165, 1.54) is 0 Å². The van der Waals surface area contributed by atoms with Crippen LogP contribution in [0.15, 0.2) is 35.4 Å². The van der Waals surface area contributed by atoms with E-state index in [9.17, 15) is 0 Å². The van der Waals surface area contributed by atoms with Crippen LogP contribution in [0.3, 0.4) is 0 Å². The molecule has 0 saturated carbocycles. The number of benzene rings is 1. The van der Waals surface area contributed by atoms with Gasteiger partial charge in [0, 0.05) is 15.5 Å². The standard InChI is InChI=1S/C12H14N2S/c1-8(2)15-12-9-5-3-4-6-11(9)14-7-10(12)13/h3-8H,13H2,1-2H3. The molecule has 78 valence electrons. The van der Waals surface area contributed by atoms with Gasteiger partial charge in [-0.05, 0) is 6.07 Å². The quantitative estimate of drug-likeness (QED) is 0.786. The fraction of sp³-hybridized carbons (Fsp3) is 0.250. The van der Waals surface area contributed by atoms with Gasteiger partial charge in [-0.25, -0.2) is 0 Å². The minimum absolute atomic E-state index is 0.526. The van der Waals surface area contributed by atoms with Crippen LogP contribution in [-0.4, -0.2) is 10.2 Å². The van der Waals surface area contributed by atoms with E-state index in [1.807, 2.05) is 18.2 Å². The first-order chi connectivity index (χ1) is 7.18. The molecule has 0 fully saturated rings. The number of anilines is 1. The first-order valence-electron chi connectivity index (χ1n) is 4.98. The molecule has 15 heavy (non-hydrogen) atoms. The number of nitrogen functional groups attached to an aromatic ring is 1. The lowest BCUT2D eigenvalue weighted by Crippen LogP contribution is -1.95. The third kappa shape index (κ3) is 2.07. The molecular weight excluding hydrogens is 204 g/mol. The van der Waals surface area contributed by atoms with Crippen LogP contribution >= 0.6 is 11.8 Å². The van der Waals surface area contributed by atoms with Crippen LogP contribution < -0.4 is 5.73 Å². The summed E-state index contributed by atoms with van der Waals surface area (Å²) in [6, 6.07) is 8.10. The summed E-state index contributed by atoms with van der Waals surface area (Å²) in [5.74, 6) is 0. The molecule has 0 saturated heterocycles. The van der Waals surface area contributed by atoms with E-state index in [4.69, 9.17) is 5.73 Å². The number of pyridine rings is 1. The zero-order valence-corrected chi connectivity index (χ0v) is 9.71. The van der Waals surface area contributed by atoms with Crippen LogP contribution in [0.4, 0.5) is 5.69 Å². The maximum atomic E-state index is 5.95. The fourth-order valence-electron chi connectivity index (χ4n) is 1.50. The molecule has 2 nitrogen and oxygen atoms in total. The lowest BCUT2D eigenvalue weighted by atomic mass is 10.2. The van der Waals surface area contributed by atoms with Crippen LogP contribution in [0.2, 0.25) is 0 Å². The van der Waals surface area contributed by atoms with Gasteiger partial charge in [-0.1, -0.05) is 32.0 Å². The maximum absolute atomic E-state index is 5.95. The molecule has 2 aromatic rings. The number of thioether (sulfide) groups is 1. The highest BCUT2D eigenvalue weighted by molar-refractivity contribution is 8.00. The predicted octanol–water partition coefficient (Wildman–Crippen LogP) is 3.32. The van der Waals surface area contributed by atoms with Crippen LogP contribution in [0, 0.1) is 0 Å². The Balaban J connectivity index is 2.63. The molecule has 1 heterocycles. The van der Waals surface area contributed by atoms with Crippen molar-refractivity contribution in [2.24, 2.45) is 0 Å². The van der Waals surface area contributed by atoms with Crippen molar-refractivity contribution in [3.8, 4) is 0 Å². The van der Waals surface area contributed by atoms with Crippen molar-refractivity contribution in [1.29, 1.82) is 0 Å². The molecule has 0 aliphatic rings. The molecule has 0 aliphatic carbocycles. The molecule has 0 spiro atoms. The summed E-state index contributed by atoms with van der Waals surface area (Å²) in [5.41, 5.74) is 7.73. The average Bonchev–Trinajstić information content (AvgIpc) is 2.22. The number of nitrogens with two attached hydrogens (primary N) is 1. The summed E-state index contributed by atoms with van der Waals surface area (Å²) in [7, 11) is 0. The Morgan fingerprint density at radius 3 is 2.73 bits per heavy atom. The maximum Gasteiger partial charge on any atom is 0.0714 e. The van der Waals surface area contributed by atoms with Gasteiger partial charge in [0.15, 0.2) is 0 Å². The lowest BCUT2D eigenvalue weighted by Gasteiger charge is -2.10. The Kier molecular flexibility index (Phi) is 2.82. The zero-order chi connectivity index (χ0) is 10.8. The molecule has 1 aromatic heterocycles. The molecule has 1 aromatic carbocycles. The molecule has 2 rings (SSSR count). The number of aromatic nitrogens is 1. The van der Waals surface area contributed by atoms with Crippen molar-refractivity contribution in [3.63, 3.8) is 0 Å². The van der Waals surface area contributed by atoms with E-state index < -0.39 is 0 Å². The van der Waals surface area contributed by atoms with Gasteiger partial charge in [-0.2, -0.15) is 0 Å². The molecule has 2 N–H and O–H groups in total.